The van der Waals surface area contributed by atoms with Crippen molar-refractivity contribution in [3.8, 4) is 0 Å². The van der Waals surface area contributed by atoms with Crippen LogP contribution >= 0.6 is 15.0 Å². The molecule has 6 nitrogen and oxygen atoms in total. The van der Waals surface area contributed by atoms with Crippen molar-refractivity contribution in [2.75, 3.05) is 13.1 Å². The third kappa shape index (κ3) is 5.58. The van der Waals surface area contributed by atoms with Gasteiger partial charge in [-0.25, -0.2) is 10.2 Å². The first kappa shape index (κ1) is 16.3. The van der Waals surface area contributed by atoms with Gasteiger partial charge in [0.05, 0.1) is 0 Å². The lowest BCUT2D eigenvalue weighted by atomic mass is 10.6. The molecule has 16 heavy (non-hydrogen) atoms. The van der Waals surface area contributed by atoms with Gasteiger partial charge in [-0.1, -0.05) is 27.7 Å². The Labute approximate surface area is 96.8 Å². The van der Waals surface area contributed by atoms with Crippen molar-refractivity contribution in [2.24, 2.45) is 0 Å². The first-order valence-corrected chi connectivity index (χ1v) is 8.70. The average Bonchev–Trinajstić information content (AvgIpc) is 2.12. The van der Waals surface area contributed by atoms with Crippen LogP contribution in [-0.4, -0.2) is 34.2 Å². The van der Waals surface area contributed by atoms with E-state index in [1.54, 1.807) is 27.7 Å². The summed E-state index contributed by atoms with van der Waals surface area (Å²) in [6.07, 6.45) is 0. The van der Waals surface area contributed by atoms with Crippen molar-refractivity contribution in [1.29, 1.82) is 0 Å². The summed E-state index contributed by atoms with van der Waals surface area (Å²) < 4.78 is 22.9. The highest BCUT2D eigenvalue weighted by Gasteiger charge is 2.24. The highest BCUT2D eigenvalue weighted by Crippen LogP contribution is 2.42. The van der Waals surface area contributed by atoms with Crippen molar-refractivity contribution in [1.82, 2.24) is 10.2 Å². The topological polar surface area (TPSA) is 98.7 Å². The Kier molecular flexibility index (Phi) is 6.41. The van der Waals surface area contributed by atoms with Crippen LogP contribution in [0.15, 0.2) is 0 Å². The van der Waals surface area contributed by atoms with E-state index in [4.69, 9.17) is 0 Å². The first-order valence-electron chi connectivity index (χ1n) is 5.25. The highest BCUT2D eigenvalue weighted by atomic mass is 31.2. The van der Waals surface area contributed by atoms with Crippen LogP contribution in [0.5, 0.6) is 0 Å². The molecule has 0 aliphatic rings. The molecular formula is C8H22N2O4P2. The van der Waals surface area contributed by atoms with Crippen LogP contribution in [0.2, 0.25) is 0 Å². The molecule has 0 aromatic rings. The molecule has 0 radical (unpaired) electrons. The lowest BCUT2D eigenvalue weighted by Gasteiger charge is -2.19. The van der Waals surface area contributed by atoms with Crippen LogP contribution < -0.4 is 10.2 Å². The molecule has 0 aromatic heterocycles. The van der Waals surface area contributed by atoms with Crippen molar-refractivity contribution in [3.63, 3.8) is 0 Å². The van der Waals surface area contributed by atoms with Crippen LogP contribution in [0.3, 0.4) is 0 Å². The zero-order chi connectivity index (χ0) is 13.0. The Balaban J connectivity index is 3.95. The van der Waals surface area contributed by atoms with Crippen molar-refractivity contribution in [2.45, 2.75) is 39.0 Å². The maximum Gasteiger partial charge on any atom is 0.269 e. The average molecular weight is 272 g/mol. The first-order chi connectivity index (χ1) is 7.09. The summed E-state index contributed by atoms with van der Waals surface area (Å²) in [4.78, 5) is 18.8. The summed E-state index contributed by atoms with van der Waals surface area (Å²) in [7, 11) is -6.66. The summed E-state index contributed by atoms with van der Waals surface area (Å²) in [5.41, 5.74) is -0.725. The number of nitrogens with one attached hydrogen (secondary N) is 2. The van der Waals surface area contributed by atoms with Crippen molar-refractivity contribution >= 4 is 15.0 Å². The molecular weight excluding hydrogens is 250 g/mol. The molecule has 2 atom stereocenters. The zero-order valence-electron chi connectivity index (χ0n) is 10.2. The SMILES string of the molecule is CC(C)P(=O)(O)NCCNP(=O)(O)C(C)C. The van der Waals surface area contributed by atoms with E-state index in [2.05, 4.69) is 10.2 Å². The minimum absolute atomic E-state index is 0.184. The smallest absolute Gasteiger partial charge is 0.269 e. The summed E-state index contributed by atoms with van der Waals surface area (Å²) in [6.45, 7) is 6.95. The number of hydrogen-bond acceptors (Lipinski definition) is 2. The van der Waals surface area contributed by atoms with Gasteiger partial charge in [-0.2, -0.15) is 0 Å². The molecule has 0 amide bonds. The Bertz CT molecular complexity index is 276. The number of rotatable bonds is 7. The van der Waals surface area contributed by atoms with Gasteiger partial charge in [0.2, 0.25) is 0 Å². The second kappa shape index (κ2) is 6.29. The van der Waals surface area contributed by atoms with Crippen LogP contribution in [0.4, 0.5) is 0 Å². The maximum absolute atomic E-state index is 11.5. The van der Waals surface area contributed by atoms with E-state index in [1.165, 1.54) is 0 Å². The molecule has 0 aliphatic carbocycles. The van der Waals surface area contributed by atoms with E-state index < -0.39 is 15.0 Å². The van der Waals surface area contributed by atoms with E-state index in [0.717, 1.165) is 0 Å². The molecule has 0 spiro atoms. The predicted molar refractivity (Wildman–Crippen MR) is 65.9 cm³/mol. The van der Waals surface area contributed by atoms with E-state index >= 15 is 0 Å². The highest BCUT2D eigenvalue weighted by molar-refractivity contribution is 7.57. The van der Waals surface area contributed by atoms with Crippen LogP contribution in [0.25, 0.3) is 0 Å². The van der Waals surface area contributed by atoms with Gasteiger partial charge in [0, 0.05) is 24.4 Å². The fraction of sp³-hybridized carbons (Fsp3) is 1.00. The van der Waals surface area contributed by atoms with Crippen molar-refractivity contribution < 1.29 is 18.9 Å². The van der Waals surface area contributed by atoms with Gasteiger partial charge >= 0.3 is 0 Å². The monoisotopic (exact) mass is 272 g/mol. The molecule has 0 saturated carbocycles. The molecule has 0 aromatic carbocycles. The van der Waals surface area contributed by atoms with E-state index in [-0.39, 0.29) is 24.4 Å². The third-order valence-corrected chi connectivity index (χ3v) is 6.35. The normalized spacial score (nSPS) is 19.8. The molecule has 2 unspecified atom stereocenters. The standard InChI is InChI=1S/C8H22N2O4P2/c1-7(2)15(11,12)9-5-6-10-16(13,14)8(3)4/h7-8H,5-6H2,1-4H3,(H2,9,11,12)(H2,10,13,14). The maximum atomic E-state index is 11.5. The minimum atomic E-state index is -3.33. The van der Waals surface area contributed by atoms with Gasteiger partial charge in [-0.05, 0) is 0 Å². The molecule has 0 saturated heterocycles. The lowest BCUT2D eigenvalue weighted by Crippen LogP contribution is -2.27. The second-order valence-electron chi connectivity index (χ2n) is 4.25. The van der Waals surface area contributed by atoms with Crippen LogP contribution in [0.1, 0.15) is 27.7 Å². The van der Waals surface area contributed by atoms with Crippen molar-refractivity contribution in [3.05, 3.63) is 0 Å². The summed E-state index contributed by atoms with van der Waals surface area (Å²) in [5.74, 6) is 0. The number of hydrogen-bond donors (Lipinski definition) is 4. The van der Waals surface area contributed by atoms with Gasteiger partial charge in [0.1, 0.15) is 0 Å². The van der Waals surface area contributed by atoms with E-state index in [9.17, 15) is 18.9 Å². The molecule has 98 valence electrons. The third-order valence-electron chi connectivity index (χ3n) is 2.20. The fourth-order valence-electron chi connectivity index (χ4n) is 0.797. The summed E-state index contributed by atoms with van der Waals surface area (Å²) in [5, 5.41) is 4.97. The molecule has 0 aliphatic heterocycles. The molecule has 0 fully saturated rings. The second-order valence-corrected chi connectivity index (χ2v) is 9.44. The molecule has 0 rings (SSSR count). The Hall–Kier alpha value is 0.300. The largest absolute Gasteiger partial charge is 0.333 e. The molecule has 0 bridgehead atoms. The molecule has 4 N–H and O–H groups in total. The van der Waals surface area contributed by atoms with Crippen LogP contribution in [0, 0.1) is 0 Å². The molecule has 0 heterocycles. The molecule has 8 heteroatoms. The quantitative estimate of drug-likeness (QED) is 0.412. The minimum Gasteiger partial charge on any atom is -0.333 e. The van der Waals surface area contributed by atoms with E-state index in [0.29, 0.717) is 0 Å². The van der Waals surface area contributed by atoms with Gasteiger partial charge in [-0.3, -0.25) is 9.13 Å². The Morgan fingerprint density at radius 3 is 1.31 bits per heavy atom. The summed E-state index contributed by atoms with van der Waals surface area (Å²) in [6, 6.07) is 0. The van der Waals surface area contributed by atoms with Gasteiger partial charge in [0.15, 0.2) is 0 Å². The predicted octanol–water partition coefficient (Wildman–Crippen LogP) is 1.35. The van der Waals surface area contributed by atoms with Gasteiger partial charge in [0.25, 0.3) is 15.0 Å². The van der Waals surface area contributed by atoms with Gasteiger partial charge in [-0.15, -0.1) is 0 Å². The fourth-order valence-corrected chi connectivity index (χ4v) is 2.39. The van der Waals surface area contributed by atoms with Gasteiger partial charge < -0.3 is 9.79 Å². The zero-order valence-corrected chi connectivity index (χ0v) is 12.0. The lowest BCUT2D eigenvalue weighted by molar-refractivity contribution is 0.443. The Morgan fingerprint density at radius 1 is 0.875 bits per heavy atom. The Morgan fingerprint density at radius 2 is 1.12 bits per heavy atom. The summed E-state index contributed by atoms with van der Waals surface area (Å²) >= 11 is 0. The van der Waals surface area contributed by atoms with E-state index in [1.807, 2.05) is 0 Å². The van der Waals surface area contributed by atoms with Crippen LogP contribution in [-0.2, 0) is 9.13 Å².